The van der Waals surface area contributed by atoms with Gasteiger partial charge in [0.05, 0.1) is 55.2 Å². The van der Waals surface area contributed by atoms with Crippen molar-refractivity contribution < 1.29 is 73.4 Å². The third kappa shape index (κ3) is 21.1. The molecule has 8 atom stereocenters. The molecule has 0 spiro atoms. The lowest BCUT2D eigenvalue weighted by molar-refractivity contribution is -0.166. The van der Waals surface area contributed by atoms with Gasteiger partial charge in [0.15, 0.2) is 0 Å². The quantitative estimate of drug-likeness (QED) is 0.0237. The first-order valence-electron chi connectivity index (χ1n) is 35.7. The van der Waals surface area contributed by atoms with Crippen molar-refractivity contribution in [1.29, 1.82) is 15.8 Å². The lowest BCUT2D eigenvalue weighted by Gasteiger charge is -2.59. The van der Waals surface area contributed by atoms with Gasteiger partial charge in [-0.3, -0.25) is 9.97 Å². The maximum Gasteiger partial charge on any atom is 0.433 e. The van der Waals surface area contributed by atoms with E-state index in [1.807, 2.05) is 52.8 Å². The Labute approximate surface area is 657 Å². The van der Waals surface area contributed by atoms with Gasteiger partial charge in [0.2, 0.25) is 35.6 Å². The molecule has 11 N–H and O–H groups in total. The van der Waals surface area contributed by atoms with Crippen molar-refractivity contribution in [2.45, 2.75) is 188 Å². The van der Waals surface area contributed by atoms with Crippen molar-refractivity contribution in [1.82, 2.24) is 59.8 Å². The standard InChI is InChI=1S/C20H23F3N6O.C19H23FN6O2.C18H19F3N6O.C18H22F3N5O2.CH4/c1-18(2)15(7-19(18,3)30-4)28-16-12(8-24)10-26-17(29-16)27-11-13-9-25-6-5-14(13)20(21,22)23;1-19(2)14(8-15(19)27)25-16-13(9-21)11-24-18(26-16)23-10-12-4-3-6-22-17(12)28-7-5-20;1-17(2)12(6-13(17)28)26-15-11(7-22)9-25-16(27-15)24-8-10-4-3-5-23-14(10)18(19,20)21;1-17(2)12(7-13(17)27)25-14-11(18(19,20)21)9-24-16(26-14)23-8-10-5-4-6-22-15(10)28-3;/h5-6,9-10,15H,7,11H2,1-4H3,(H2,26,27,28,29);3-4,6,11,14-15,27H,5,7-8,10H2,1-2H3,(H2,23,24,25,26);3-5,9,12-13,28H,6,8H2,1-2H3,(H2,24,25,26,27);4-6,9,12-13,27H,7-8H2,1-3H3,(H2,23,24,25,26);1H4/t;14-,15+;2*12-,13+;/m.111./s1. The van der Waals surface area contributed by atoms with E-state index in [-0.39, 0.29) is 138 Å². The van der Waals surface area contributed by atoms with Crippen LogP contribution in [-0.2, 0) is 49.4 Å². The summed E-state index contributed by atoms with van der Waals surface area (Å²) in [6.07, 6.45) is -1.56. The van der Waals surface area contributed by atoms with E-state index in [1.54, 1.807) is 51.6 Å². The van der Waals surface area contributed by atoms with E-state index < -0.39 is 59.6 Å². The summed E-state index contributed by atoms with van der Waals surface area (Å²) in [5, 5.41) is 81.5. The summed E-state index contributed by atoms with van der Waals surface area (Å²) in [5.41, 5.74) is -2.28. The molecule has 39 heteroatoms. The fourth-order valence-corrected chi connectivity index (χ4v) is 12.5. The summed E-state index contributed by atoms with van der Waals surface area (Å²) in [6.45, 7) is 17.0. The van der Waals surface area contributed by atoms with E-state index in [0.717, 1.165) is 42.8 Å². The highest BCUT2D eigenvalue weighted by atomic mass is 19.4. The van der Waals surface area contributed by atoms with E-state index in [2.05, 4.69) is 122 Å². The number of nitrogens with one attached hydrogen (secondary N) is 8. The predicted molar refractivity (Wildman–Crippen MR) is 405 cm³/mol. The van der Waals surface area contributed by atoms with Crippen LogP contribution in [0.15, 0.2) is 98.2 Å². The summed E-state index contributed by atoms with van der Waals surface area (Å²) < 4.78 is 147. The van der Waals surface area contributed by atoms with E-state index in [9.17, 15) is 75.0 Å². The number of nitrogens with zero attached hydrogens (tertiary/aromatic N) is 15. The van der Waals surface area contributed by atoms with Gasteiger partial charge in [0.1, 0.15) is 82.7 Å². The van der Waals surface area contributed by atoms with Crippen LogP contribution < -0.4 is 52.0 Å². The monoisotopic (exact) mass is 1610 g/mol. The second-order valence-electron chi connectivity index (χ2n) is 29.7. The molecule has 0 amide bonds. The van der Waals surface area contributed by atoms with Crippen LogP contribution in [0.5, 0.6) is 11.8 Å². The SMILES string of the molecule is C.CC1(C)[C@@H](O)C[C@H]1Nc1nc(NCc2cccnc2C(F)(F)F)ncc1C#N.CC1(C)[C@@H](O)C[C@H]1Nc1nc(NCc2cccnc2OCCF)ncc1C#N.COC1(C)CC(Nc2nc(NCc3cnccc3C(F)(F)F)ncc2C#N)C1(C)C.COc1ncccc1CNc1ncc(C(F)(F)F)c(N[C@@H]2C[C@H](O)C2(C)C)n1. The van der Waals surface area contributed by atoms with Crippen LogP contribution in [0.2, 0.25) is 0 Å². The van der Waals surface area contributed by atoms with Gasteiger partial charge in [-0.1, -0.05) is 81.0 Å². The molecule has 0 saturated heterocycles. The third-order valence-electron chi connectivity index (χ3n) is 21.3. The summed E-state index contributed by atoms with van der Waals surface area (Å²) in [4.78, 5) is 48.3. The largest absolute Gasteiger partial charge is 0.481 e. The van der Waals surface area contributed by atoms with Crippen LogP contribution in [0.1, 0.15) is 151 Å². The van der Waals surface area contributed by atoms with Crippen molar-refractivity contribution >= 4 is 47.1 Å². The average molecular weight is 1610 g/mol. The van der Waals surface area contributed by atoms with Crippen LogP contribution in [0.3, 0.4) is 0 Å². The molecule has 0 aromatic carbocycles. The van der Waals surface area contributed by atoms with Gasteiger partial charge >= 0.3 is 18.5 Å². The highest BCUT2D eigenvalue weighted by Gasteiger charge is 2.58. The molecule has 29 nitrogen and oxygen atoms in total. The summed E-state index contributed by atoms with van der Waals surface area (Å²) in [7, 11) is 3.15. The number of hydrogen-bond acceptors (Lipinski definition) is 29. The van der Waals surface area contributed by atoms with Crippen LogP contribution >= 0.6 is 0 Å². The van der Waals surface area contributed by atoms with Gasteiger partial charge in [-0.15, -0.1) is 0 Å². The highest BCUT2D eigenvalue weighted by Crippen LogP contribution is 2.53. The number of aromatic nitrogens is 12. The molecule has 4 fully saturated rings. The van der Waals surface area contributed by atoms with Gasteiger partial charge in [-0.05, 0) is 56.9 Å². The zero-order valence-corrected chi connectivity index (χ0v) is 63.9. The second kappa shape index (κ2) is 36.8. The van der Waals surface area contributed by atoms with Crippen LogP contribution in [0.25, 0.3) is 0 Å². The lowest BCUT2D eigenvalue weighted by Crippen LogP contribution is -2.65. The predicted octanol–water partition coefficient (Wildman–Crippen LogP) is 12.9. The number of aliphatic hydroxyl groups excluding tert-OH is 3. The molecule has 115 heavy (non-hydrogen) atoms. The molecule has 0 aliphatic heterocycles. The molecule has 4 aliphatic rings. The van der Waals surface area contributed by atoms with E-state index in [0.29, 0.717) is 66.3 Å². The first kappa shape index (κ1) is 89.1. The zero-order chi connectivity index (χ0) is 83.4. The molecular weight excluding hydrogens is 1520 g/mol. The number of alkyl halides is 10. The topological polar surface area (TPSA) is 411 Å². The molecule has 8 heterocycles. The summed E-state index contributed by atoms with van der Waals surface area (Å²) >= 11 is 0. The number of pyridine rings is 4. The molecule has 616 valence electrons. The van der Waals surface area contributed by atoms with Crippen molar-refractivity contribution in [2.24, 2.45) is 21.7 Å². The maximum absolute atomic E-state index is 13.4. The highest BCUT2D eigenvalue weighted by molar-refractivity contribution is 5.58. The molecule has 0 bridgehead atoms. The van der Waals surface area contributed by atoms with Crippen LogP contribution in [0, 0.1) is 55.7 Å². The lowest BCUT2D eigenvalue weighted by atomic mass is 9.56. The number of halogens is 10. The number of hydrogen-bond donors (Lipinski definition) is 11. The van der Waals surface area contributed by atoms with Gasteiger partial charge < -0.3 is 72.1 Å². The van der Waals surface area contributed by atoms with Gasteiger partial charge in [0.25, 0.3) is 0 Å². The Hall–Kier alpha value is -11.5. The van der Waals surface area contributed by atoms with Crippen LogP contribution in [-0.4, -0.2) is 151 Å². The molecule has 8 aromatic heterocycles. The van der Waals surface area contributed by atoms with E-state index in [4.69, 9.17) is 14.2 Å². The summed E-state index contributed by atoms with van der Waals surface area (Å²) in [5.74, 6) is 2.03. The van der Waals surface area contributed by atoms with Crippen molar-refractivity contribution in [3.63, 3.8) is 0 Å². The first-order valence-corrected chi connectivity index (χ1v) is 35.7. The molecule has 4 aliphatic carbocycles. The van der Waals surface area contributed by atoms with E-state index in [1.165, 1.54) is 37.8 Å². The number of rotatable bonds is 25. The first-order chi connectivity index (χ1) is 53.7. The van der Waals surface area contributed by atoms with Crippen molar-refractivity contribution in [3.05, 3.63) is 154 Å². The molecular formula is C76H91F10N23O6. The number of aliphatic hydroxyl groups is 3. The number of ether oxygens (including phenoxy) is 3. The minimum Gasteiger partial charge on any atom is -0.481 e. The maximum atomic E-state index is 13.4. The van der Waals surface area contributed by atoms with E-state index >= 15 is 0 Å². The van der Waals surface area contributed by atoms with Crippen LogP contribution in [0.4, 0.5) is 91.0 Å². The molecule has 0 radical (unpaired) electrons. The van der Waals surface area contributed by atoms with Gasteiger partial charge in [-0.2, -0.15) is 75.2 Å². The Morgan fingerprint density at radius 2 is 0.843 bits per heavy atom. The normalized spacial score (nSPS) is 20.9. The molecule has 4 saturated carbocycles. The number of anilines is 8. The molecule has 12 rings (SSSR count). The Morgan fingerprint density at radius 3 is 1.23 bits per heavy atom. The Bertz CT molecular complexity index is 4770. The minimum atomic E-state index is -4.60. The Morgan fingerprint density at radius 1 is 0.461 bits per heavy atom. The molecule has 8 aromatic rings. The third-order valence-corrected chi connectivity index (χ3v) is 21.3. The minimum absolute atomic E-state index is 0. The Balaban J connectivity index is 0.000000191. The molecule has 2 unspecified atom stereocenters. The number of nitriles is 3. The smallest absolute Gasteiger partial charge is 0.433 e. The van der Waals surface area contributed by atoms with Gasteiger partial charge in [-0.25, -0.2) is 34.3 Å². The zero-order valence-electron chi connectivity index (χ0n) is 63.9. The van der Waals surface area contributed by atoms with Crippen molar-refractivity contribution in [3.8, 4) is 30.0 Å². The van der Waals surface area contributed by atoms with Gasteiger partial charge in [0, 0.05) is 139 Å². The number of methoxy groups -OCH3 is 2. The fraction of sp³-hybridized carbons (Fsp3) is 0.487. The van der Waals surface area contributed by atoms with Crippen molar-refractivity contribution in [2.75, 3.05) is 70.0 Å². The summed E-state index contributed by atoms with van der Waals surface area (Å²) in [6, 6.07) is 16.4. The average Bonchev–Trinajstić information content (AvgIpc) is 0.728. The Kier molecular flexibility index (Phi) is 28.5. The fourth-order valence-electron chi connectivity index (χ4n) is 12.5. The second-order valence-corrected chi connectivity index (χ2v) is 29.7.